The SMILES string of the molecule is CC(C)[Si]1(C(C)C)OC[C@H]2O[C@@H](n3ccc(=O)[nH]c3=O)C(=O)[C@@H]2O[Si](C(C)C)(C(C)C)O1.CC(C)[Si]1(C(C)C)OC[C@H]2O[C@@H](n3ccc(=O)[nH]c3=O)[C@H](O)[C@@H]2O[Si](C(C)C)(C(C)C)O1.O=c1ccn([C@@H]2O[C@H](CO)[C@@H](O)[C@H]2O)c(=O)[nH]1.[2H][13C]([2H])([2H])[C@]1(O)[C@H](C)[C@@H](CC)O[C@H]1n1ccc(=O)[nH]c1=O.[2H][13C]([2H])([2H])[C@]1(O)[C@H](O)[C@@H](CO)O[C@H]1n1ccc(=O)[nH]c1=O. The number of aliphatic hydroxyl groups excluding tert-OH is 6. The summed E-state index contributed by atoms with van der Waals surface area (Å²) in [5.74, 6) is -1.06. The largest absolute Gasteiger partial charge is 0.414 e. The summed E-state index contributed by atoms with van der Waals surface area (Å²) in [7, 11) is -11.4. The molecule has 0 bridgehead atoms. The highest BCUT2D eigenvalue weighted by Crippen LogP contribution is 2.51. The molecule has 5 aromatic heterocycles. The molecule has 19 atom stereocenters. The fourth-order valence-corrected chi connectivity index (χ4v) is 38.0. The smallest absolute Gasteiger partial charge is 0.335 e. The van der Waals surface area contributed by atoms with Crippen molar-refractivity contribution in [3.63, 3.8) is 0 Å². The number of ether oxygens (including phenoxy) is 5. The van der Waals surface area contributed by atoms with E-state index in [4.69, 9.17) is 68.1 Å². The van der Waals surface area contributed by atoms with Gasteiger partial charge in [-0.25, -0.2) is 24.0 Å². The number of ketones is 1. The van der Waals surface area contributed by atoms with Crippen LogP contribution in [0.3, 0.4) is 0 Å². The molecule has 0 spiro atoms. The van der Waals surface area contributed by atoms with Crippen LogP contribution in [0.15, 0.2) is 109 Å². The molecule has 0 saturated carbocycles. The minimum Gasteiger partial charge on any atom is -0.414 e. The molecule has 656 valence electrons. The molecule has 0 unspecified atom stereocenters. The van der Waals surface area contributed by atoms with Crippen molar-refractivity contribution in [3.8, 4) is 0 Å². The van der Waals surface area contributed by atoms with E-state index in [0.29, 0.717) is 11.0 Å². The molecule has 0 amide bonds. The van der Waals surface area contributed by atoms with Crippen LogP contribution in [0.2, 0.25) is 44.3 Å². The molecule has 0 aliphatic carbocycles. The average molecular weight is 1740 g/mol. The van der Waals surface area contributed by atoms with Crippen LogP contribution >= 0.6 is 0 Å². The van der Waals surface area contributed by atoms with Crippen molar-refractivity contribution in [1.29, 1.82) is 0 Å². The maximum Gasteiger partial charge on any atom is 0.335 e. The minimum atomic E-state index is -3.10. The number of aromatic nitrogens is 10. The Hall–Kier alpha value is -6.82. The van der Waals surface area contributed by atoms with E-state index in [9.17, 15) is 83.4 Å². The molecule has 12 heterocycles. The van der Waals surface area contributed by atoms with Gasteiger partial charge in [-0.1, -0.05) is 125 Å². The van der Waals surface area contributed by atoms with Crippen molar-refractivity contribution in [3.05, 3.63) is 166 Å². The van der Waals surface area contributed by atoms with Gasteiger partial charge in [0.1, 0.15) is 72.2 Å². The van der Waals surface area contributed by atoms with Crippen LogP contribution in [0.4, 0.5) is 0 Å². The lowest BCUT2D eigenvalue weighted by Gasteiger charge is -2.51. The Bertz CT molecular complexity index is 4950. The van der Waals surface area contributed by atoms with Crippen molar-refractivity contribution >= 4 is 40.0 Å². The van der Waals surface area contributed by atoms with Gasteiger partial charge >= 0.3 is 62.7 Å². The van der Waals surface area contributed by atoms with Crippen LogP contribution in [-0.4, -0.2) is 233 Å². The van der Waals surface area contributed by atoms with E-state index in [1.54, 1.807) is 13.8 Å². The first-order valence-corrected chi connectivity index (χ1v) is 46.7. The number of hydrogen-bond acceptors (Lipinski definition) is 30. The molecule has 44 heteroatoms. The number of carbonyl (C=O) groups excluding carboxylic acids is 1. The highest BCUT2D eigenvalue weighted by molar-refractivity contribution is 6.84. The fourth-order valence-electron chi connectivity index (χ4n) is 15.6. The molecule has 13 N–H and O–H groups in total. The zero-order chi connectivity index (χ0) is 92.6. The topological polar surface area (TPSA) is 555 Å². The number of Topliss-reactive ketones (excluding diaryl/α,β-unsaturated/α-hetero) is 1. The lowest BCUT2D eigenvalue weighted by molar-refractivity contribution is -0.130. The standard InChI is InChI=1S/C21H38N2O7Si2.C21H36N2O7Si2.C12H18N2O4.C10H14N2O6.C9H12N2O6/c2*1-12(2)31(13(3)4)27-11-16-19(29-32(30-31,14(5)6)15(7)8)18(25)20(28-16)23-10-9-17(24)22-21(23)26;1-4-8-7(2)12(3,17)10(18-8)14-6-5-9(15)13-11(14)16;1-10(17)7(15)5(4-13)18-8(10)12-3-2-6(14)11-9(12)16;12-3-4-6(14)7(15)8(17-4)11-2-1-5(13)10-9(11)16/h9-10,12-16,18-20,25H,11H2,1-8H3,(H,22,24,26);9-10,12-16,19-20H,11H2,1-8H3,(H,22,24,26);5-8,10,17H,4H2,1-3H3,(H,13,15,16);2-3,5,7-8,13,15,17H,4H2,1H3,(H,11,14,16);1-2,4,6-8,12,14-15H,3H2,(H,10,13,16)/t16-,18-,19-,20-;16-,19-,20-;7-,8-,10-,12+;5-,7-,8-,10+;4-,6-,7-,8-/m11111/s1/i;;3+1D3;1+1D3;. The van der Waals surface area contributed by atoms with E-state index in [0.717, 1.165) is 50.5 Å². The summed E-state index contributed by atoms with van der Waals surface area (Å²) in [5, 5.41) is 79.5. The minimum absolute atomic E-state index is 0.0666. The van der Waals surface area contributed by atoms with Crippen LogP contribution < -0.4 is 56.2 Å². The van der Waals surface area contributed by atoms with E-state index in [-0.39, 0.29) is 63.3 Å². The van der Waals surface area contributed by atoms with Crippen LogP contribution in [0.1, 0.15) is 184 Å². The van der Waals surface area contributed by atoms with Crippen LogP contribution in [0, 0.1) is 5.92 Å². The highest BCUT2D eigenvalue weighted by Gasteiger charge is 2.65. The van der Waals surface area contributed by atoms with Crippen molar-refractivity contribution < 1.29 is 103 Å². The summed E-state index contributed by atoms with van der Waals surface area (Å²) in [5.41, 5.74) is -10.8. The summed E-state index contributed by atoms with van der Waals surface area (Å²) < 4.78 is 119. The highest BCUT2D eigenvalue weighted by atomic mass is 28.5. The molecule has 7 fully saturated rings. The summed E-state index contributed by atoms with van der Waals surface area (Å²) in [6.45, 7) is 30.4. The van der Waals surface area contributed by atoms with E-state index in [1.165, 1.54) is 29.1 Å². The fraction of sp³-hybridized carbons (Fsp3) is 0.712. The van der Waals surface area contributed by atoms with Crippen molar-refractivity contribution in [2.24, 2.45) is 5.92 Å². The third-order valence-electron chi connectivity index (χ3n) is 22.2. The third kappa shape index (κ3) is 19.4. The van der Waals surface area contributed by atoms with Gasteiger partial charge in [0.25, 0.3) is 27.8 Å². The second kappa shape index (κ2) is 38.1. The van der Waals surface area contributed by atoms with Gasteiger partial charge in [-0.05, 0) is 64.5 Å². The lowest BCUT2D eigenvalue weighted by atomic mass is 9.91. The first-order valence-electron chi connectivity index (χ1n) is 41.8. The van der Waals surface area contributed by atoms with E-state index in [2.05, 4.69) is 121 Å². The molecule has 7 aliphatic heterocycles. The van der Waals surface area contributed by atoms with E-state index in [1.807, 2.05) is 15.0 Å². The van der Waals surface area contributed by atoms with Crippen LogP contribution in [-0.2, 0) is 54.4 Å². The Balaban J connectivity index is 0.000000195. The number of carbonyl (C=O) groups is 1. The predicted molar refractivity (Wildman–Crippen MR) is 428 cm³/mol. The number of aliphatic hydroxyl groups is 8. The Morgan fingerprint density at radius 3 is 1.15 bits per heavy atom. The van der Waals surface area contributed by atoms with E-state index >= 15 is 0 Å². The lowest BCUT2D eigenvalue weighted by Crippen LogP contribution is -2.65. The summed E-state index contributed by atoms with van der Waals surface area (Å²) in [6.07, 6.45) is -11.5. The second-order valence-electron chi connectivity index (χ2n) is 32.4. The molecule has 0 aromatic carbocycles. The van der Waals surface area contributed by atoms with E-state index < -0.39 is 233 Å². The summed E-state index contributed by atoms with van der Waals surface area (Å²) >= 11 is 0. The number of rotatable bonds is 16. The number of aromatic amines is 5. The van der Waals surface area contributed by atoms with Gasteiger partial charge in [0.05, 0.1) is 32.5 Å². The van der Waals surface area contributed by atoms with Crippen molar-refractivity contribution in [2.45, 2.75) is 299 Å². The van der Waals surface area contributed by atoms with Crippen LogP contribution in [0.25, 0.3) is 0 Å². The first kappa shape index (κ1) is 86.6. The predicted octanol–water partition coefficient (Wildman–Crippen LogP) is 0.628. The first-order chi connectivity index (χ1) is 57.0. The molecule has 40 nitrogen and oxygen atoms in total. The number of hydrogen-bond donors (Lipinski definition) is 13. The molecule has 7 saturated heterocycles. The number of fused-ring (bicyclic) bond motifs is 2. The Kier molecular flexibility index (Phi) is 28.2. The molecule has 7 aliphatic rings. The molecule has 5 aromatic rings. The zero-order valence-corrected chi connectivity index (χ0v) is 72.5. The Morgan fingerprint density at radius 2 is 0.786 bits per heavy atom. The monoisotopic (exact) mass is 1730 g/mol. The molecular formula is C73H118N10O30Si4. The number of H-pyrrole nitrogens is 5. The molecule has 12 rings (SSSR count). The Labute approximate surface area is 685 Å². The molecule has 0 radical (unpaired) electrons. The summed E-state index contributed by atoms with van der Waals surface area (Å²) in [6, 6.07) is 5.53. The van der Waals surface area contributed by atoms with Gasteiger partial charge < -0.3 is 90.5 Å². The second-order valence-corrected chi connectivity index (χ2v) is 50.1. The van der Waals surface area contributed by atoms with Gasteiger partial charge in [-0.3, -0.25) is 76.5 Å². The maximum absolute atomic E-state index is 13.4. The number of nitrogens with zero attached hydrogens (tertiary/aromatic N) is 5. The third-order valence-corrected chi connectivity index (χ3v) is 42.7. The quantitative estimate of drug-likeness (QED) is 0.0476. The van der Waals surface area contributed by atoms with Gasteiger partial charge in [-0.15, -0.1) is 0 Å². The normalized spacial score (nSPS) is 32.6. The van der Waals surface area contributed by atoms with Gasteiger partial charge in [0.2, 0.25) is 5.78 Å². The van der Waals surface area contributed by atoms with Gasteiger partial charge in [0, 0.05) is 75.5 Å². The van der Waals surface area contributed by atoms with Crippen molar-refractivity contribution in [2.75, 3.05) is 26.4 Å². The zero-order valence-electron chi connectivity index (χ0n) is 74.5. The van der Waals surface area contributed by atoms with Crippen LogP contribution in [0.5, 0.6) is 0 Å². The molecule has 117 heavy (non-hydrogen) atoms. The van der Waals surface area contributed by atoms with Gasteiger partial charge in [-0.2, -0.15) is 0 Å². The average Bonchev–Trinajstić information content (AvgIpc) is 1.56. The van der Waals surface area contributed by atoms with Crippen molar-refractivity contribution in [1.82, 2.24) is 47.8 Å². The Morgan fingerprint density at radius 1 is 0.436 bits per heavy atom. The number of nitrogens with one attached hydrogen (secondary N) is 5. The maximum atomic E-state index is 13.4. The molecular weight excluding hydrogens is 1610 g/mol. The summed E-state index contributed by atoms with van der Waals surface area (Å²) in [4.78, 5) is 139. The van der Waals surface area contributed by atoms with Gasteiger partial charge in [0.15, 0.2) is 31.1 Å².